The third-order valence-electron chi connectivity index (χ3n) is 3.53. The third kappa shape index (κ3) is 5.22. The summed E-state index contributed by atoms with van der Waals surface area (Å²) < 4.78 is 18.7. The van der Waals surface area contributed by atoms with Crippen LogP contribution in [0.15, 0.2) is 54.6 Å². The zero-order chi connectivity index (χ0) is 16.9. The standard InChI is InChI=1S/C18H21FN2O2.ClH/c1-13(23-16-10-6-9-15(19)11-16)12-21-17(22)18(2,20)14-7-4-3-5-8-14;/h3-11,13H,12,20H2,1-2H3,(H,21,22);1H. The summed E-state index contributed by atoms with van der Waals surface area (Å²) in [6.45, 7) is 3.73. The molecule has 0 heterocycles. The van der Waals surface area contributed by atoms with Gasteiger partial charge < -0.3 is 15.8 Å². The Morgan fingerprint density at radius 2 is 1.92 bits per heavy atom. The van der Waals surface area contributed by atoms with E-state index >= 15 is 0 Å². The van der Waals surface area contributed by atoms with Gasteiger partial charge in [0, 0.05) is 6.07 Å². The molecule has 24 heavy (non-hydrogen) atoms. The van der Waals surface area contributed by atoms with Gasteiger partial charge in [-0.1, -0.05) is 36.4 Å². The van der Waals surface area contributed by atoms with Crippen LogP contribution in [0.2, 0.25) is 0 Å². The van der Waals surface area contributed by atoms with Gasteiger partial charge in [0.25, 0.3) is 0 Å². The molecule has 0 bridgehead atoms. The van der Waals surface area contributed by atoms with Crippen molar-refractivity contribution >= 4 is 18.3 Å². The van der Waals surface area contributed by atoms with Crippen LogP contribution in [0, 0.1) is 5.82 Å². The van der Waals surface area contributed by atoms with Gasteiger partial charge >= 0.3 is 0 Å². The largest absolute Gasteiger partial charge is 0.489 e. The molecule has 0 aliphatic carbocycles. The Labute approximate surface area is 147 Å². The maximum absolute atomic E-state index is 13.1. The third-order valence-corrected chi connectivity index (χ3v) is 3.53. The highest BCUT2D eigenvalue weighted by Gasteiger charge is 2.30. The second-order valence-electron chi connectivity index (χ2n) is 5.66. The van der Waals surface area contributed by atoms with Crippen molar-refractivity contribution < 1.29 is 13.9 Å². The van der Waals surface area contributed by atoms with E-state index in [0.29, 0.717) is 5.75 Å². The molecule has 0 aliphatic rings. The van der Waals surface area contributed by atoms with E-state index in [-0.39, 0.29) is 36.8 Å². The zero-order valence-corrected chi connectivity index (χ0v) is 14.5. The molecular weight excluding hydrogens is 331 g/mol. The minimum absolute atomic E-state index is 0. The summed E-state index contributed by atoms with van der Waals surface area (Å²) in [5.41, 5.74) is 5.75. The van der Waals surface area contributed by atoms with Crippen LogP contribution in [-0.4, -0.2) is 18.6 Å². The lowest BCUT2D eigenvalue weighted by molar-refractivity contribution is -0.126. The van der Waals surface area contributed by atoms with Gasteiger partial charge in [-0.2, -0.15) is 0 Å². The first-order valence-corrected chi connectivity index (χ1v) is 7.44. The summed E-state index contributed by atoms with van der Waals surface area (Å²) in [6.07, 6.45) is -0.313. The summed E-state index contributed by atoms with van der Waals surface area (Å²) in [5, 5.41) is 2.77. The molecule has 0 fully saturated rings. The Bertz CT molecular complexity index is 665. The highest BCUT2D eigenvalue weighted by Crippen LogP contribution is 2.17. The monoisotopic (exact) mass is 352 g/mol. The van der Waals surface area contributed by atoms with E-state index < -0.39 is 5.54 Å². The summed E-state index contributed by atoms with van der Waals surface area (Å²) >= 11 is 0. The predicted molar refractivity (Wildman–Crippen MR) is 94.7 cm³/mol. The van der Waals surface area contributed by atoms with Gasteiger partial charge in [-0.3, -0.25) is 4.79 Å². The molecule has 4 nitrogen and oxygen atoms in total. The Morgan fingerprint density at radius 1 is 1.25 bits per heavy atom. The smallest absolute Gasteiger partial charge is 0.244 e. The van der Waals surface area contributed by atoms with Crippen molar-refractivity contribution in [3.8, 4) is 5.75 Å². The topological polar surface area (TPSA) is 64.4 Å². The van der Waals surface area contributed by atoms with Crippen LogP contribution in [0.5, 0.6) is 5.75 Å². The van der Waals surface area contributed by atoms with Crippen LogP contribution in [0.4, 0.5) is 4.39 Å². The summed E-state index contributed by atoms with van der Waals surface area (Å²) in [7, 11) is 0. The van der Waals surface area contributed by atoms with E-state index in [1.54, 1.807) is 26.0 Å². The minimum atomic E-state index is -1.13. The molecule has 0 aromatic heterocycles. The number of amides is 1. The number of carbonyl (C=O) groups is 1. The van der Waals surface area contributed by atoms with Crippen LogP contribution in [0.1, 0.15) is 19.4 Å². The quantitative estimate of drug-likeness (QED) is 0.840. The number of halogens is 2. The molecule has 2 aromatic rings. The van der Waals surface area contributed by atoms with E-state index in [1.165, 1.54) is 12.1 Å². The maximum atomic E-state index is 13.1. The molecule has 130 valence electrons. The Kier molecular flexibility index (Phi) is 7.19. The molecule has 0 spiro atoms. The van der Waals surface area contributed by atoms with E-state index in [4.69, 9.17) is 10.5 Å². The maximum Gasteiger partial charge on any atom is 0.244 e. The summed E-state index contributed by atoms with van der Waals surface area (Å²) in [5.74, 6) is -0.235. The number of nitrogens with one attached hydrogen (secondary N) is 1. The minimum Gasteiger partial charge on any atom is -0.489 e. The number of carbonyl (C=O) groups excluding carboxylic acids is 1. The Morgan fingerprint density at radius 3 is 2.54 bits per heavy atom. The second-order valence-corrected chi connectivity index (χ2v) is 5.66. The molecule has 3 N–H and O–H groups in total. The van der Waals surface area contributed by atoms with Crippen molar-refractivity contribution in [1.82, 2.24) is 5.32 Å². The number of benzene rings is 2. The van der Waals surface area contributed by atoms with Crippen LogP contribution in [0.25, 0.3) is 0 Å². The van der Waals surface area contributed by atoms with Crippen molar-refractivity contribution in [3.63, 3.8) is 0 Å². The first-order valence-electron chi connectivity index (χ1n) is 7.44. The molecule has 2 aromatic carbocycles. The van der Waals surface area contributed by atoms with Crippen molar-refractivity contribution in [1.29, 1.82) is 0 Å². The number of rotatable bonds is 6. The van der Waals surface area contributed by atoms with E-state index in [2.05, 4.69) is 5.32 Å². The van der Waals surface area contributed by atoms with Crippen molar-refractivity contribution in [2.45, 2.75) is 25.5 Å². The Hall–Kier alpha value is -2.11. The highest BCUT2D eigenvalue weighted by molar-refractivity contribution is 5.87. The van der Waals surface area contributed by atoms with Gasteiger partial charge in [-0.05, 0) is 31.5 Å². The molecule has 2 rings (SSSR count). The van der Waals surface area contributed by atoms with E-state index in [1.807, 2.05) is 30.3 Å². The fraction of sp³-hybridized carbons (Fsp3) is 0.278. The van der Waals surface area contributed by atoms with Crippen molar-refractivity contribution in [2.24, 2.45) is 5.73 Å². The lowest BCUT2D eigenvalue weighted by Gasteiger charge is -2.25. The predicted octanol–water partition coefficient (Wildman–Crippen LogP) is 3.01. The molecule has 0 radical (unpaired) electrons. The molecule has 2 atom stereocenters. The first-order chi connectivity index (χ1) is 10.9. The van der Waals surface area contributed by atoms with Gasteiger partial charge in [-0.25, -0.2) is 4.39 Å². The van der Waals surface area contributed by atoms with Crippen LogP contribution < -0.4 is 15.8 Å². The van der Waals surface area contributed by atoms with E-state index in [0.717, 1.165) is 5.56 Å². The lowest BCUT2D eigenvalue weighted by atomic mass is 9.92. The summed E-state index contributed by atoms with van der Waals surface area (Å²) in [4.78, 5) is 12.3. The fourth-order valence-electron chi connectivity index (χ4n) is 2.15. The first kappa shape index (κ1) is 19.9. The number of hydrogen-bond acceptors (Lipinski definition) is 3. The fourth-order valence-corrected chi connectivity index (χ4v) is 2.15. The van der Waals surface area contributed by atoms with Crippen LogP contribution >= 0.6 is 12.4 Å². The van der Waals surface area contributed by atoms with Crippen LogP contribution in [0.3, 0.4) is 0 Å². The lowest BCUT2D eigenvalue weighted by Crippen LogP contribution is -2.50. The SMILES string of the molecule is CC(CNC(=O)C(C)(N)c1ccccc1)Oc1cccc(F)c1.Cl. The molecule has 0 saturated heterocycles. The summed E-state index contributed by atoms with van der Waals surface area (Å²) in [6, 6.07) is 15.0. The number of ether oxygens (including phenoxy) is 1. The second kappa shape index (κ2) is 8.66. The van der Waals surface area contributed by atoms with Crippen molar-refractivity contribution in [3.05, 3.63) is 66.0 Å². The van der Waals surface area contributed by atoms with Gasteiger partial charge in [0.2, 0.25) is 5.91 Å². The van der Waals surface area contributed by atoms with Gasteiger partial charge in [0.15, 0.2) is 0 Å². The molecule has 0 saturated carbocycles. The molecule has 2 unspecified atom stereocenters. The van der Waals surface area contributed by atoms with Gasteiger partial charge in [0.1, 0.15) is 23.2 Å². The molecule has 1 amide bonds. The van der Waals surface area contributed by atoms with Crippen molar-refractivity contribution in [2.75, 3.05) is 6.54 Å². The Balaban J connectivity index is 0.00000288. The average Bonchev–Trinajstić information content (AvgIpc) is 2.53. The van der Waals surface area contributed by atoms with Crippen LogP contribution in [-0.2, 0) is 10.3 Å². The van der Waals surface area contributed by atoms with Gasteiger partial charge in [-0.15, -0.1) is 12.4 Å². The highest BCUT2D eigenvalue weighted by atomic mass is 35.5. The molecule has 0 aliphatic heterocycles. The number of hydrogen-bond donors (Lipinski definition) is 2. The zero-order valence-electron chi connectivity index (χ0n) is 13.7. The average molecular weight is 353 g/mol. The molecule has 6 heteroatoms. The molecular formula is C18H22ClFN2O2. The normalized spacial score (nSPS) is 14.0. The van der Waals surface area contributed by atoms with E-state index in [9.17, 15) is 9.18 Å². The van der Waals surface area contributed by atoms with Gasteiger partial charge in [0.05, 0.1) is 6.54 Å². The number of nitrogens with two attached hydrogens (primary N) is 1.